The zero-order valence-electron chi connectivity index (χ0n) is 8.26. The smallest absolute Gasteiger partial charge is 0.323 e. The van der Waals surface area contributed by atoms with Gasteiger partial charge in [0, 0.05) is 19.5 Å². The minimum atomic E-state index is -0.513. The highest BCUT2D eigenvalue weighted by molar-refractivity contribution is 5.96. The summed E-state index contributed by atoms with van der Waals surface area (Å²) in [5, 5.41) is 2.38. The number of hydrogen-bond acceptors (Lipinski definition) is 2. The highest BCUT2D eigenvalue weighted by Crippen LogP contribution is 2.15. The van der Waals surface area contributed by atoms with Crippen molar-refractivity contribution < 1.29 is 9.59 Å². The highest BCUT2D eigenvalue weighted by atomic mass is 16.2. The van der Waals surface area contributed by atoms with Crippen molar-refractivity contribution in [3.8, 4) is 0 Å². The second kappa shape index (κ2) is 3.56. The summed E-state index contributed by atoms with van der Waals surface area (Å²) in [7, 11) is 2.96. The van der Waals surface area contributed by atoms with Crippen molar-refractivity contribution in [2.45, 2.75) is 20.8 Å². The molecule has 4 nitrogen and oxygen atoms in total. The molecule has 4 heteroatoms. The van der Waals surface area contributed by atoms with Gasteiger partial charge in [-0.2, -0.15) is 0 Å². The Balaban J connectivity index is 4.41. The van der Waals surface area contributed by atoms with Crippen LogP contribution in [0.3, 0.4) is 0 Å². The lowest BCUT2D eigenvalue weighted by Crippen LogP contribution is -2.44. The summed E-state index contributed by atoms with van der Waals surface area (Å²) in [4.78, 5) is 23.5. The van der Waals surface area contributed by atoms with Gasteiger partial charge < -0.3 is 5.32 Å². The van der Waals surface area contributed by atoms with Crippen LogP contribution >= 0.6 is 0 Å². The molecule has 0 aromatic heterocycles. The molecular formula is C8H16N2O2. The normalized spacial score (nSPS) is 10.8. The zero-order chi connectivity index (χ0) is 9.94. The van der Waals surface area contributed by atoms with Crippen molar-refractivity contribution in [3.05, 3.63) is 0 Å². The van der Waals surface area contributed by atoms with Crippen molar-refractivity contribution in [3.63, 3.8) is 0 Å². The number of hydrogen-bond donors (Lipinski definition) is 1. The van der Waals surface area contributed by atoms with Gasteiger partial charge in [0.2, 0.25) is 5.91 Å². The predicted molar refractivity (Wildman–Crippen MR) is 46.7 cm³/mol. The standard InChI is InChI=1S/C8H16N2O2/c1-8(2,3)6(11)10(5)7(12)9-4/h1-5H3,(H,9,12). The van der Waals surface area contributed by atoms with Gasteiger partial charge in [0.15, 0.2) is 0 Å². The van der Waals surface area contributed by atoms with E-state index in [0.717, 1.165) is 4.90 Å². The van der Waals surface area contributed by atoms with Gasteiger partial charge in [-0.3, -0.25) is 9.69 Å². The lowest BCUT2D eigenvalue weighted by atomic mass is 9.95. The van der Waals surface area contributed by atoms with E-state index in [-0.39, 0.29) is 11.9 Å². The summed E-state index contributed by atoms with van der Waals surface area (Å²) in [6.07, 6.45) is 0. The van der Waals surface area contributed by atoms with Gasteiger partial charge in [-0.1, -0.05) is 20.8 Å². The van der Waals surface area contributed by atoms with Crippen LogP contribution in [0.5, 0.6) is 0 Å². The molecule has 0 saturated heterocycles. The quantitative estimate of drug-likeness (QED) is 0.588. The molecule has 0 aliphatic heterocycles. The largest absolute Gasteiger partial charge is 0.341 e. The van der Waals surface area contributed by atoms with Crippen molar-refractivity contribution in [2.75, 3.05) is 14.1 Å². The summed E-state index contributed by atoms with van der Waals surface area (Å²) in [5.41, 5.74) is -0.513. The first-order valence-electron chi connectivity index (χ1n) is 3.80. The number of nitrogens with zero attached hydrogens (tertiary/aromatic N) is 1. The van der Waals surface area contributed by atoms with E-state index >= 15 is 0 Å². The first kappa shape index (κ1) is 10.9. The summed E-state index contributed by atoms with van der Waals surface area (Å²) in [6, 6.07) is -0.380. The van der Waals surface area contributed by atoms with Gasteiger partial charge in [0.05, 0.1) is 0 Å². The summed E-state index contributed by atoms with van der Waals surface area (Å²) in [5.74, 6) is -0.193. The number of urea groups is 1. The molecule has 12 heavy (non-hydrogen) atoms. The Morgan fingerprint density at radius 2 is 1.67 bits per heavy atom. The SMILES string of the molecule is CNC(=O)N(C)C(=O)C(C)(C)C. The van der Waals surface area contributed by atoms with E-state index in [0.29, 0.717) is 0 Å². The number of nitrogens with one attached hydrogen (secondary N) is 1. The van der Waals surface area contributed by atoms with E-state index in [1.165, 1.54) is 14.1 Å². The molecule has 0 aliphatic rings. The van der Waals surface area contributed by atoms with Crippen LogP contribution in [0.4, 0.5) is 4.79 Å². The maximum absolute atomic E-state index is 11.4. The molecule has 0 radical (unpaired) electrons. The van der Waals surface area contributed by atoms with Gasteiger partial charge in [0.1, 0.15) is 0 Å². The van der Waals surface area contributed by atoms with Crippen LogP contribution in [-0.2, 0) is 4.79 Å². The monoisotopic (exact) mass is 172 g/mol. The maximum atomic E-state index is 11.4. The molecule has 0 rings (SSSR count). The van der Waals surface area contributed by atoms with E-state index in [1.54, 1.807) is 20.8 Å². The Hall–Kier alpha value is -1.06. The topological polar surface area (TPSA) is 49.4 Å². The average molecular weight is 172 g/mol. The van der Waals surface area contributed by atoms with Gasteiger partial charge in [-0.25, -0.2) is 4.79 Å². The van der Waals surface area contributed by atoms with Crippen LogP contribution in [0.25, 0.3) is 0 Å². The van der Waals surface area contributed by atoms with Crippen LogP contribution in [0.1, 0.15) is 20.8 Å². The predicted octanol–water partition coefficient (Wildman–Crippen LogP) is 0.830. The molecular weight excluding hydrogens is 156 g/mol. The average Bonchev–Trinajstić information content (AvgIpc) is 1.98. The Bertz CT molecular complexity index is 194. The second-order valence-corrected chi connectivity index (χ2v) is 3.67. The number of carbonyl (C=O) groups is 2. The molecule has 0 unspecified atom stereocenters. The Kier molecular flexibility index (Phi) is 3.24. The van der Waals surface area contributed by atoms with Crippen LogP contribution in [-0.4, -0.2) is 30.9 Å². The third kappa shape index (κ3) is 2.53. The lowest BCUT2D eigenvalue weighted by molar-refractivity contribution is -0.135. The first-order chi connectivity index (χ1) is 5.30. The molecule has 0 saturated carbocycles. The summed E-state index contributed by atoms with van der Waals surface area (Å²) in [6.45, 7) is 5.32. The fourth-order valence-corrected chi connectivity index (χ4v) is 0.763. The Morgan fingerprint density at radius 1 is 1.25 bits per heavy atom. The number of amides is 3. The molecule has 0 aromatic rings. The summed E-state index contributed by atoms with van der Waals surface area (Å²) < 4.78 is 0. The third-order valence-corrected chi connectivity index (χ3v) is 1.46. The molecule has 0 bridgehead atoms. The molecule has 1 N–H and O–H groups in total. The van der Waals surface area contributed by atoms with E-state index in [4.69, 9.17) is 0 Å². The first-order valence-corrected chi connectivity index (χ1v) is 3.80. The van der Waals surface area contributed by atoms with Crippen LogP contribution in [0, 0.1) is 5.41 Å². The fraction of sp³-hybridized carbons (Fsp3) is 0.750. The molecule has 0 aromatic carbocycles. The molecule has 3 amide bonds. The highest BCUT2D eigenvalue weighted by Gasteiger charge is 2.27. The molecule has 0 fully saturated rings. The van der Waals surface area contributed by atoms with Crippen molar-refractivity contribution in [1.29, 1.82) is 0 Å². The number of carbonyl (C=O) groups excluding carboxylic acids is 2. The van der Waals surface area contributed by atoms with E-state index in [2.05, 4.69) is 5.32 Å². The molecule has 0 aliphatic carbocycles. The van der Waals surface area contributed by atoms with Gasteiger partial charge >= 0.3 is 6.03 Å². The Labute approximate surface area is 72.9 Å². The lowest BCUT2D eigenvalue weighted by Gasteiger charge is -2.23. The fourth-order valence-electron chi connectivity index (χ4n) is 0.763. The van der Waals surface area contributed by atoms with Crippen molar-refractivity contribution >= 4 is 11.9 Å². The minimum absolute atomic E-state index is 0.193. The molecule has 0 atom stereocenters. The minimum Gasteiger partial charge on any atom is -0.341 e. The number of rotatable bonds is 0. The Morgan fingerprint density at radius 3 is 1.92 bits per heavy atom. The van der Waals surface area contributed by atoms with E-state index in [9.17, 15) is 9.59 Å². The molecule has 70 valence electrons. The second-order valence-electron chi connectivity index (χ2n) is 3.67. The van der Waals surface area contributed by atoms with Crippen molar-refractivity contribution in [2.24, 2.45) is 5.41 Å². The maximum Gasteiger partial charge on any atom is 0.323 e. The third-order valence-electron chi connectivity index (χ3n) is 1.46. The van der Waals surface area contributed by atoms with Gasteiger partial charge in [-0.15, -0.1) is 0 Å². The van der Waals surface area contributed by atoms with Gasteiger partial charge in [-0.05, 0) is 0 Å². The van der Waals surface area contributed by atoms with Crippen molar-refractivity contribution in [1.82, 2.24) is 10.2 Å². The van der Waals surface area contributed by atoms with E-state index in [1.807, 2.05) is 0 Å². The number of imide groups is 1. The molecule has 0 heterocycles. The van der Waals surface area contributed by atoms with Gasteiger partial charge in [0.25, 0.3) is 0 Å². The zero-order valence-corrected chi connectivity index (χ0v) is 8.26. The van der Waals surface area contributed by atoms with Crippen LogP contribution < -0.4 is 5.32 Å². The van der Waals surface area contributed by atoms with Crippen LogP contribution in [0.15, 0.2) is 0 Å². The van der Waals surface area contributed by atoms with E-state index < -0.39 is 5.41 Å². The molecule has 0 spiro atoms. The van der Waals surface area contributed by atoms with Crippen LogP contribution in [0.2, 0.25) is 0 Å². The summed E-state index contributed by atoms with van der Waals surface area (Å²) >= 11 is 0.